The average molecular weight is 399 g/mol. The third kappa shape index (κ3) is 3.04. The van der Waals surface area contributed by atoms with Gasteiger partial charge >= 0.3 is 0 Å². The molecule has 30 heavy (non-hydrogen) atoms. The van der Waals surface area contributed by atoms with Crippen molar-refractivity contribution in [2.24, 2.45) is 0 Å². The number of imidazole rings is 1. The van der Waals surface area contributed by atoms with E-state index in [1.807, 2.05) is 41.8 Å². The summed E-state index contributed by atoms with van der Waals surface area (Å²) in [6.45, 7) is 1.84. The molecule has 3 aromatic heterocycles. The number of pyridine rings is 1. The second kappa shape index (κ2) is 6.74. The van der Waals surface area contributed by atoms with Crippen LogP contribution in [0.5, 0.6) is 0 Å². The minimum absolute atomic E-state index is 0.129. The number of hydrogen-bond acceptors (Lipinski definition) is 6. The van der Waals surface area contributed by atoms with Gasteiger partial charge in [-0.05, 0) is 31.9 Å². The Labute approximate surface area is 173 Å². The van der Waals surface area contributed by atoms with Crippen LogP contribution < -0.4 is 5.73 Å². The Balaban J connectivity index is 1.54. The predicted octanol–water partition coefficient (Wildman–Crippen LogP) is 3.23. The first kappa shape index (κ1) is 18.4. The second-order valence-electron chi connectivity index (χ2n) is 8.08. The van der Waals surface area contributed by atoms with E-state index in [0.29, 0.717) is 41.1 Å². The van der Waals surface area contributed by atoms with Gasteiger partial charge in [-0.1, -0.05) is 30.3 Å². The summed E-state index contributed by atoms with van der Waals surface area (Å²) in [5, 5.41) is 10.2. The van der Waals surface area contributed by atoms with Gasteiger partial charge in [0.25, 0.3) is 0 Å². The normalized spacial score (nSPS) is 20.8. The Morgan fingerprint density at radius 2 is 1.93 bits per heavy atom. The molecule has 0 amide bonds. The number of benzene rings is 1. The zero-order valence-corrected chi connectivity index (χ0v) is 16.5. The van der Waals surface area contributed by atoms with E-state index in [2.05, 4.69) is 9.97 Å². The molecule has 0 unspecified atom stereocenters. The summed E-state index contributed by atoms with van der Waals surface area (Å²) in [6.07, 6.45) is 6.43. The Morgan fingerprint density at radius 3 is 2.60 bits per heavy atom. The topological polar surface area (TPSA) is 106 Å². The molecule has 1 aliphatic rings. The molecule has 1 fully saturated rings. The van der Waals surface area contributed by atoms with Crippen molar-refractivity contribution in [3.05, 3.63) is 78.1 Å². The van der Waals surface area contributed by atoms with Crippen molar-refractivity contribution in [3.63, 3.8) is 0 Å². The van der Waals surface area contributed by atoms with Crippen LogP contribution >= 0.6 is 0 Å². The zero-order valence-electron chi connectivity index (χ0n) is 16.5. The zero-order chi connectivity index (χ0) is 20.9. The van der Waals surface area contributed by atoms with E-state index in [4.69, 9.17) is 10.7 Å². The highest BCUT2D eigenvalue weighted by Crippen LogP contribution is 2.45. The summed E-state index contributed by atoms with van der Waals surface area (Å²) in [5.74, 6) is 1.25. The van der Waals surface area contributed by atoms with E-state index < -0.39 is 5.60 Å². The fourth-order valence-corrected chi connectivity index (χ4v) is 4.17. The number of hydrogen-bond donors (Lipinski definition) is 2. The van der Waals surface area contributed by atoms with Gasteiger partial charge in [0.2, 0.25) is 5.78 Å². The Bertz CT molecular complexity index is 1240. The molecule has 0 atom stereocenters. The van der Waals surface area contributed by atoms with Gasteiger partial charge in [-0.15, -0.1) is 0 Å². The monoisotopic (exact) mass is 399 g/mol. The molecule has 0 spiro atoms. The highest BCUT2D eigenvalue weighted by molar-refractivity contribution is 6.07. The number of aromatic nitrogens is 4. The number of carbonyl (C=O) groups excluding carboxylic acids is 1. The van der Waals surface area contributed by atoms with Crippen molar-refractivity contribution in [2.75, 3.05) is 5.73 Å². The number of nitrogens with zero attached hydrogens (tertiary/aromatic N) is 4. The lowest BCUT2D eigenvalue weighted by Gasteiger charge is -2.40. The average Bonchev–Trinajstić information content (AvgIpc) is 3.13. The lowest BCUT2D eigenvalue weighted by molar-refractivity contribution is -0.0335. The molecule has 1 saturated carbocycles. The van der Waals surface area contributed by atoms with Gasteiger partial charge in [0, 0.05) is 35.6 Å². The van der Waals surface area contributed by atoms with Gasteiger partial charge < -0.3 is 10.8 Å². The fraction of sp³-hybridized carbons (Fsp3) is 0.217. The van der Waals surface area contributed by atoms with Crippen molar-refractivity contribution in [1.82, 2.24) is 19.4 Å². The maximum Gasteiger partial charge on any atom is 0.211 e. The molecular formula is C23H21N5O2. The van der Waals surface area contributed by atoms with Crippen LogP contribution in [0.2, 0.25) is 0 Å². The summed E-state index contributed by atoms with van der Waals surface area (Å²) in [6, 6.07) is 12.6. The lowest BCUT2D eigenvalue weighted by Crippen LogP contribution is -2.40. The third-order valence-electron chi connectivity index (χ3n) is 5.65. The quantitative estimate of drug-likeness (QED) is 0.510. The van der Waals surface area contributed by atoms with Gasteiger partial charge in [0.1, 0.15) is 28.5 Å². The molecule has 0 saturated heterocycles. The van der Waals surface area contributed by atoms with Crippen LogP contribution in [0.1, 0.15) is 47.6 Å². The van der Waals surface area contributed by atoms with E-state index in [-0.39, 0.29) is 11.7 Å². The molecule has 7 heteroatoms. The van der Waals surface area contributed by atoms with E-state index in [9.17, 15) is 9.90 Å². The minimum atomic E-state index is -0.657. The summed E-state index contributed by atoms with van der Waals surface area (Å²) in [4.78, 5) is 26.1. The summed E-state index contributed by atoms with van der Waals surface area (Å²) in [5.41, 5.74) is 8.63. The third-order valence-corrected chi connectivity index (χ3v) is 5.65. The van der Waals surface area contributed by atoms with Crippen molar-refractivity contribution < 1.29 is 9.90 Å². The van der Waals surface area contributed by atoms with Gasteiger partial charge in [-0.3, -0.25) is 14.2 Å². The smallest absolute Gasteiger partial charge is 0.211 e. The van der Waals surface area contributed by atoms with Crippen molar-refractivity contribution in [2.45, 2.75) is 31.3 Å². The number of rotatable bonds is 4. The van der Waals surface area contributed by atoms with Crippen LogP contribution in [0, 0.1) is 0 Å². The van der Waals surface area contributed by atoms with Crippen LogP contribution in [-0.4, -0.2) is 35.8 Å². The number of fused-ring (bicyclic) bond motifs is 1. The summed E-state index contributed by atoms with van der Waals surface area (Å²) < 4.78 is 1.95. The highest BCUT2D eigenvalue weighted by atomic mass is 16.3. The van der Waals surface area contributed by atoms with E-state index >= 15 is 0 Å². The molecule has 5 rings (SSSR count). The van der Waals surface area contributed by atoms with Gasteiger partial charge in [0.15, 0.2) is 0 Å². The maximum absolute atomic E-state index is 12.6. The molecule has 3 N–H and O–H groups in total. The largest absolute Gasteiger partial charge is 0.390 e. The Hall–Kier alpha value is -3.58. The van der Waals surface area contributed by atoms with E-state index in [1.165, 1.54) is 0 Å². The predicted molar refractivity (Wildman–Crippen MR) is 113 cm³/mol. The number of anilines is 1. The summed E-state index contributed by atoms with van der Waals surface area (Å²) >= 11 is 0. The van der Waals surface area contributed by atoms with Gasteiger partial charge in [-0.25, -0.2) is 9.97 Å². The Kier molecular flexibility index (Phi) is 4.15. The van der Waals surface area contributed by atoms with Crippen LogP contribution in [0.15, 0.2) is 61.1 Å². The first-order valence-corrected chi connectivity index (χ1v) is 9.84. The number of aliphatic hydroxyl groups is 1. The molecule has 7 nitrogen and oxygen atoms in total. The van der Waals surface area contributed by atoms with Gasteiger partial charge in [-0.2, -0.15) is 0 Å². The molecular weight excluding hydrogens is 378 g/mol. The number of nitrogen functional groups attached to an aromatic ring is 1. The molecule has 1 aliphatic carbocycles. The van der Waals surface area contributed by atoms with Crippen molar-refractivity contribution >= 4 is 17.1 Å². The fourth-order valence-electron chi connectivity index (χ4n) is 4.17. The molecule has 1 aromatic carbocycles. The SMILES string of the molecule is CC1(O)CC(c2nc(-c3ccc(C(=O)c4ccccc4)nc3)c3c(N)nccn23)C1. The van der Waals surface area contributed by atoms with Crippen molar-refractivity contribution in [1.29, 1.82) is 0 Å². The van der Waals surface area contributed by atoms with Crippen LogP contribution in [-0.2, 0) is 0 Å². The molecule has 0 aliphatic heterocycles. The number of ketones is 1. The van der Waals surface area contributed by atoms with E-state index in [1.54, 1.807) is 30.6 Å². The first-order chi connectivity index (χ1) is 14.4. The van der Waals surface area contributed by atoms with Gasteiger partial charge in [0.05, 0.1) is 5.60 Å². The van der Waals surface area contributed by atoms with E-state index in [0.717, 1.165) is 11.4 Å². The molecule has 0 radical (unpaired) electrons. The number of nitrogens with two attached hydrogens (primary N) is 1. The first-order valence-electron chi connectivity index (χ1n) is 9.84. The molecule has 3 heterocycles. The summed E-state index contributed by atoms with van der Waals surface area (Å²) in [7, 11) is 0. The minimum Gasteiger partial charge on any atom is -0.390 e. The van der Waals surface area contributed by atoms with Crippen molar-refractivity contribution in [3.8, 4) is 11.3 Å². The highest BCUT2D eigenvalue weighted by Gasteiger charge is 2.41. The van der Waals surface area contributed by atoms with Crippen LogP contribution in [0.3, 0.4) is 0 Å². The van der Waals surface area contributed by atoms with Crippen LogP contribution in [0.25, 0.3) is 16.8 Å². The standard InChI is InChI=1S/C23H21N5O2/c1-23(30)11-16(12-23)22-27-18(19-21(24)25-9-10-28(19)22)15-7-8-17(26-13-15)20(29)14-5-3-2-4-6-14/h2-10,13,16,30H,11-12H2,1H3,(H2,24,25). The number of carbonyl (C=O) groups is 1. The second-order valence-corrected chi connectivity index (χ2v) is 8.08. The van der Waals surface area contributed by atoms with Crippen LogP contribution in [0.4, 0.5) is 5.82 Å². The molecule has 0 bridgehead atoms. The Morgan fingerprint density at radius 1 is 1.17 bits per heavy atom. The maximum atomic E-state index is 12.6. The lowest BCUT2D eigenvalue weighted by atomic mass is 9.72. The molecule has 150 valence electrons. The molecule has 4 aromatic rings.